The number of fused-ring (bicyclic) bond motifs is 1. The molecular weight excluding hydrogens is 780 g/mol. The van der Waals surface area contributed by atoms with Crippen LogP contribution in [0.1, 0.15) is 56.1 Å². The second-order valence-corrected chi connectivity index (χ2v) is 17.9. The number of carbonyl (C=O) groups excluding carboxylic acids is 7. The first-order chi connectivity index (χ1) is 29.1. The summed E-state index contributed by atoms with van der Waals surface area (Å²) in [6, 6.07) is 19.3. The summed E-state index contributed by atoms with van der Waals surface area (Å²) in [4.78, 5) is 93.0. The zero-order valence-corrected chi connectivity index (χ0v) is 34.8. The van der Waals surface area contributed by atoms with Crippen LogP contribution in [0, 0.1) is 59.2 Å². The van der Waals surface area contributed by atoms with Gasteiger partial charge in [-0.3, -0.25) is 38.5 Å². The van der Waals surface area contributed by atoms with E-state index in [9.17, 15) is 33.6 Å². The fraction of sp³-hybridized carbons (Fsp3) is 0.438. The molecule has 314 valence electrons. The second-order valence-electron chi connectivity index (χ2n) is 16.8. The number of Topliss-reactive ketones (excluding diaryl/α,β-unsaturated/α-hetero) is 2. The van der Waals surface area contributed by atoms with Crippen molar-refractivity contribution in [2.24, 2.45) is 59.2 Å². The molecule has 0 bridgehead atoms. The van der Waals surface area contributed by atoms with E-state index in [-0.39, 0.29) is 87.1 Å². The van der Waals surface area contributed by atoms with Crippen LogP contribution in [0.3, 0.4) is 0 Å². The van der Waals surface area contributed by atoms with Crippen molar-refractivity contribution in [3.63, 3.8) is 0 Å². The molecule has 2 aromatic rings. The van der Waals surface area contributed by atoms with Crippen LogP contribution >= 0.6 is 8.58 Å². The molecule has 10 unspecified atom stereocenters. The maximum absolute atomic E-state index is 14.2. The SMILES string of the molecule is C=CC1CC(/C=C\C2CC(/C=C\C3CC(/C=C/c4ccccc4)C4C(=O)N(Cc5ccccc5)C(=O)C34)[C@@H](C(=O)OC3C(=O)CCC3=O)C2)[C@@H](C(=O)NC(OC=O)PC)C1. The van der Waals surface area contributed by atoms with Gasteiger partial charge < -0.3 is 14.8 Å². The third-order valence-electron chi connectivity index (χ3n) is 13.1. The van der Waals surface area contributed by atoms with Crippen LogP contribution < -0.4 is 5.32 Å². The van der Waals surface area contributed by atoms with Crippen LogP contribution in [-0.2, 0) is 49.6 Å². The maximum Gasteiger partial charge on any atom is 0.310 e. The number of esters is 1. The van der Waals surface area contributed by atoms with E-state index in [1.54, 1.807) is 0 Å². The van der Waals surface area contributed by atoms with E-state index in [4.69, 9.17) is 9.47 Å². The Morgan fingerprint density at radius 1 is 0.767 bits per heavy atom. The molecule has 12 heteroatoms. The molecule has 1 N–H and O–H groups in total. The molecule has 1 saturated heterocycles. The fourth-order valence-electron chi connectivity index (χ4n) is 10.0. The normalized spacial score (nSPS) is 31.3. The first kappa shape index (κ1) is 42.8. The van der Waals surface area contributed by atoms with Crippen molar-refractivity contribution in [2.45, 2.75) is 63.6 Å². The van der Waals surface area contributed by atoms with E-state index in [1.807, 2.05) is 91.6 Å². The Hall–Kier alpha value is -5.28. The highest BCUT2D eigenvalue weighted by molar-refractivity contribution is 7.37. The Morgan fingerprint density at radius 3 is 2.00 bits per heavy atom. The molecule has 5 aliphatic rings. The molecule has 3 amide bonds. The Morgan fingerprint density at radius 2 is 1.35 bits per heavy atom. The number of likely N-dealkylation sites (tertiary alicyclic amines) is 1. The Labute approximate surface area is 352 Å². The lowest BCUT2D eigenvalue weighted by Gasteiger charge is -2.20. The quantitative estimate of drug-likeness (QED) is 0.0383. The highest BCUT2D eigenvalue weighted by Crippen LogP contribution is 2.50. The van der Waals surface area contributed by atoms with E-state index >= 15 is 0 Å². The number of amides is 3. The average Bonchev–Trinajstić information content (AvgIpc) is 4.08. The number of hydrogen-bond acceptors (Lipinski definition) is 9. The lowest BCUT2D eigenvalue weighted by molar-refractivity contribution is -0.161. The van der Waals surface area contributed by atoms with Crippen LogP contribution in [0.2, 0.25) is 0 Å². The third-order valence-corrected chi connectivity index (χ3v) is 13.9. The number of hydrogen-bond donors (Lipinski definition) is 1. The van der Waals surface area contributed by atoms with Gasteiger partial charge in [0.25, 0.3) is 6.47 Å². The Bertz CT molecular complexity index is 2030. The van der Waals surface area contributed by atoms with Gasteiger partial charge in [-0.1, -0.05) is 112 Å². The van der Waals surface area contributed by atoms with Gasteiger partial charge in [0.15, 0.2) is 17.5 Å². The number of nitrogens with one attached hydrogen (secondary N) is 1. The summed E-state index contributed by atoms with van der Waals surface area (Å²) in [7, 11) is 0.172. The van der Waals surface area contributed by atoms with Gasteiger partial charge in [0.2, 0.25) is 23.8 Å². The van der Waals surface area contributed by atoms with Crippen LogP contribution in [-0.4, -0.2) is 65.4 Å². The first-order valence-electron chi connectivity index (χ1n) is 21.0. The molecule has 11 nitrogen and oxygen atoms in total. The van der Waals surface area contributed by atoms with Crippen molar-refractivity contribution in [1.29, 1.82) is 0 Å². The average molecular weight is 833 g/mol. The molecule has 12 atom stereocenters. The zero-order chi connectivity index (χ0) is 42.3. The number of rotatable bonds is 16. The minimum absolute atomic E-state index is 0.0524. The highest BCUT2D eigenvalue weighted by Gasteiger charge is 2.57. The van der Waals surface area contributed by atoms with E-state index in [0.29, 0.717) is 32.2 Å². The number of allylic oxidation sites excluding steroid dienone is 6. The van der Waals surface area contributed by atoms with Gasteiger partial charge in [0.05, 0.1) is 24.3 Å². The lowest BCUT2D eigenvalue weighted by atomic mass is 9.87. The van der Waals surface area contributed by atoms with Gasteiger partial charge in [-0.2, -0.15) is 0 Å². The molecule has 4 saturated carbocycles. The Kier molecular flexibility index (Phi) is 13.9. The summed E-state index contributed by atoms with van der Waals surface area (Å²) in [6.07, 6.45) is 15.6. The first-order valence-corrected chi connectivity index (χ1v) is 22.6. The van der Waals surface area contributed by atoms with Crippen molar-refractivity contribution in [3.05, 3.63) is 115 Å². The summed E-state index contributed by atoms with van der Waals surface area (Å²) in [5.74, 6) is -5.60. The third kappa shape index (κ3) is 9.52. The van der Waals surface area contributed by atoms with E-state index in [0.717, 1.165) is 17.5 Å². The van der Waals surface area contributed by atoms with Crippen LogP contribution in [0.4, 0.5) is 0 Å². The minimum Gasteiger partial charge on any atom is -0.446 e. The van der Waals surface area contributed by atoms with Crippen molar-refractivity contribution in [3.8, 4) is 0 Å². The predicted molar refractivity (Wildman–Crippen MR) is 226 cm³/mol. The van der Waals surface area contributed by atoms with E-state index in [2.05, 4.69) is 30.1 Å². The molecule has 60 heavy (non-hydrogen) atoms. The standard InChI is InChI=1S/C48H53N2O9P/c1-3-29-22-33(37(24-29)44(54)49-48(60-2)58-28-51)16-15-32-23-34(38(25-32)47(57)59-43-39(52)20-21-40(43)53)18-19-36-26-35(17-14-30-10-6-4-7-11-30)41-42(36)46(56)50(45(41)55)27-31-12-8-5-9-13-31/h3-19,28-29,32-38,41-43,48,60H,1,20-27H2,2H3,(H,49,54)/b16-15-,17-14+,19-18-/t29?,32?,33?,34?,35?,36?,37-,38-,41?,42?,48?/m0/s1. The predicted octanol–water partition coefficient (Wildman–Crippen LogP) is 6.45. The fourth-order valence-corrected chi connectivity index (χ4v) is 10.5. The van der Waals surface area contributed by atoms with Crippen molar-refractivity contribution in [2.75, 3.05) is 6.66 Å². The number of ether oxygens (including phenoxy) is 2. The topological polar surface area (TPSA) is 153 Å². The van der Waals surface area contributed by atoms with Crippen molar-refractivity contribution in [1.82, 2.24) is 10.2 Å². The molecule has 1 aliphatic heterocycles. The monoisotopic (exact) mass is 832 g/mol. The summed E-state index contributed by atoms with van der Waals surface area (Å²) in [5.41, 5.74) is 1.87. The van der Waals surface area contributed by atoms with Gasteiger partial charge in [-0.25, -0.2) is 0 Å². The van der Waals surface area contributed by atoms with Gasteiger partial charge in [-0.15, -0.1) is 6.58 Å². The number of ketones is 2. The molecule has 4 aliphatic carbocycles. The van der Waals surface area contributed by atoms with Crippen LogP contribution in [0.25, 0.3) is 6.08 Å². The molecule has 0 spiro atoms. The second kappa shape index (κ2) is 19.4. The van der Waals surface area contributed by atoms with Crippen LogP contribution in [0.5, 0.6) is 0 Å². The summed E-state index contributed by atoms with van der Waals surface area (Å²) < 4.78 is 10.7. The molecule has 0 radical (unpaired) electrons. The highest BCUT2D eigenvalue weighted by atomic mass is 31.1. The largest absolute Gasteiger partial charge is 0.446 e. The minimum atomic E-state index is -1.38. The molecule has 1 heterocycles. The summed E-state index contributed by atoms with van der Waals surface area (Å²) >= 11 is 0. The summed E-state index contributed by atoms with van der Waals surface area (Å²) in [5, 5.41) is 2.86. The lowest BCUT2D eigenvalue weighted by Crippen LogP contribution is -2.38. The molecule has 0 aromatic heterocycles. The molecule has 7 rings (SSSR count). The van der Waals surface area contributed by atoms with Gasteiger partial charge in [0, 0.05) is 18.8 Å². The van der Waals surface area contributed by atoms with Gasteiger partial charge in [-0.05, 0) is 85.4 Å². The Balaban J connectivity index is 1.13. The summed E-state index contributed by atoms with van der Waals surface area (Å²) in [6.45, 7) is 6.34. The molecular formula is C48H53N2O9P. The van der Waals surface area contributed by atoms with Crippen LogP contribution in [0.15, 0.2) is 104 Å². The van der Waals surface area contributed by atoms with Crippen molar-refractivity contribution < 1.29 is 43.0 Å². The molecule has 2 aromatic carbocycles. The van der Waals surface area contributed by atoms with E-state index < -0.39 is 47.4 Å². The van der Waals surface area contributed by atoms with Gasteiger partial charge >= 0.3 is 5.97 Å². The number of benzene rings is 2. The zero-order valence-electron chi connectivity index (χ0n) is 33.8. The number of imide groups is 1. The maximum atomic E-state index is 14.2. The number of carbonyl (C=O) groups is 7. The van der Waals surface area contributed by atoms with E-state index in [1.165, 1.54) is 4.90 Å². The number of nitrogens with zero attached hydrogens (tertiary/aromatic N) is 1. The van der Waals surface area contributed by atoms with Crippen molar-refractivity contribution >= 4 is 56.4 Å². The molecule has 5 fully saturated rings. The smallest absolute Gasteiger partial charge is 0.310 e. The van der Waals surface area contributed by atoms with Gasteiger partial charge in [0.1, 0.15) is 0 Å².